The first-order chi connectivity index (χ1) is 8.70. The fraction of sp³-hybridized carbons (Fsp3) is 0.500. The normalized spacial score (nSPS) is 17.1. The number of hydrogen-bond donors (Lipinski definition) is 2. The molecule has 4 nitrogen and oxygen atoms in total. The SMILES string of the molecule is CCCCOc1ccc2c(c1)NCC2CC(=O)O. The second-order valence-corrected chi connectivity index (χ2v) is 4.63. The lowest BCUT2D eigenvalue weighted by Crippen LogP contribution is -2.07. The fourth-order valence-electron chi connectivity index (χ4n) is 2.20. The van der Waals surface area contributed by atoms with Crippen LogP contribution in [0.1, 0.15) is 37.7 Å². The summed E-state index contributed by atoms with van der Waals surface area (Å²) in [6, 6.07) is 5.87. The summed E-state index contributed by atoms with van der Waals surface area (Å²) in [6.07, 6.45) is 2.34. The van der Waals surface area contributed by atoms with E-state index in [2.05, 4.69) is 12.2 Å². The first kappa shape index (κ1) is 12.7. The number of benzene rings is 1. The second-order valence-electron chi connectivity index (χ2n) is 4.63. The van der Waals surface area contributed by atoms with Gasteiger partial charge in [0.2, 0.25) is 0 Å². The molecule has 98 valence electrons. The zero-order valence-electron chi connectivity index (χ0n) is 10.6. The average molecular weight is 249 g/mol. The maximum absolute atomic E-state index is 10.8. The van der Waals surface area contributed by atoms with E-state index in [4.69, 9.17) is 9.84 Å². The van der Waals surface area contributed by atoms with E-state index in [0.29, 0.717) is 6.54 Å². The lowest BCUT2D eigenvalue weighted by Gasteiger charge is -2.09. The van der Waals surface area contributed by atoms with Crippen LogP contribution in [0.25, 0.3) is 0 Å². The van der Waals surface area contributed by atoms with E-state index in [0.717, 1.165) is 36.4 Å². The molecule has 2 N–H and O–H groups in total. The van der Waals surface area contributed by atoms with Gasteiger partial charge in [-0.1, -0.05) is 19.4 Å². The topological polar surface area (TPSA) is 58.6 Å². The monoisotopic (exact) mass is 249 g/mol. The van der Waals surface area contributed by atoms with Crippen molar-refractivity contribution in [2.45, 2.75) is 32.1 Å². The van der Waals surface area contributed by atoms with Crippen LogP contribution in [0.4, 0.5) is 5.69 Å². The third-order valence-electron chi connectivity index (χ3n) is 3.19. The summed E-state index contributed by atoms with van der Waals surface area (Å²) in [7, 11) is 0. The van der Waals surface area contributed by atoms with Crippen LogP contribution in [0.5, 0.6) is 5.75 Å². The van der Waals surface area contributed by atoms with E-state index in [1.54, 1.807) is 0 Å². The molecule has 18 heavy (non-hydrogen) atoms. The molecule has 0 saturated heterocycles. The van der Waals surface area contributed by atoms with E-state index in [-0.39, 0.29) is 12.3 Å². The number of aliphatic carboxylic acids is 1. The Morgan fingerprint density at radius 2 is 2.39 bits per heavy atom. The van der Waals surface area contributed by atoms with E-state index in [9.17, 15) is 4.79 Å². The second kappa shape index (κ2) is 5.76. The molecule has 0 aliphatic carbocycles. The maximum atomic E-state index is 10.8. The zero-order chi connectivity index (χ0) is 13.0. The van der Waals surface area contributed by atoms with Gasteiger partial charge in [0.1, 0.15) is 5.75 Å². The Labute approximate surface area is 107 Å². The molecule has 1 aliphatic heterocycles. The van der Waals surface area contributed by atoms with Gasteiger partial charge in [-0.15, -0.1) is 0 Å². The lowest BCUT2D eigenvalue weighted by molar-refractivity contribution is -0.137. The highest BCUT2D eigenvalue weighted by Gasteiger charge is 2.24. The molecular weight excluding hydrogens is 230 g/mol. The van der Waals surface area contributed by atoms with Crippen molar-refractivity contribution in [2.75, 3.05) is 18.5 Å². The molecule has 0 amide bonds. The Balaban J connectivity index is 2.03. The van der Waals surface area contributed by atoms with Crippen molar-refractivity contribution in [3.63, 3.8) is 0 Å². The summed E-state index contributed by atoms with van der Waals surface area (Å²) in [5.41, 5.74) is 2.09. The largest absolute Gasteiger partial charge is 0.494 e. The van der Waals surface area contributed by atoms with Crippen LogP contribution in [-0.2, 0) is 4.79 Å². The lowest BCUT2D eigenvalue weighted by atomic mass is 9.98. The van der Waals surface area contributed by atoms with Gasteiger partial charge >= 0.3 is 5.97 Å². The third kappa shape index (κ3) is 2.94. The van der Waals surface area contributed by atoms with Gasteiger partial charge in [-0.2, -0.15) is 0 Å². The Hall–Kier alpha value is -1.71. The predicted octanol–water partition coefficient (Wildman–Crippen LogP) is 2.85. The zero-order valence-corrected chi connectivity index (χ0v) is 10.6. The molecule has 0 aromatic heterocycles. The molecule has 1 heterocycles. The van der Waals surface area contributed by atoms with Crippen LogP contribution in [-0.4, -0.2) is 24.2 Å². The first-order valence-corrected chi connectivity index (χ1v) is 6.43. The summed E-state index contributed by atoms with van der Waals surface area (Å²) >= 11 is 0. The van der Waals surface area contributed by atoms with E-state index in [1.165, 1.54) is 0 Å². The number of carboxylic acids is 1. The van der Waals surface area contributed by atoms with Gasteiger partial charge in [0.05, 0.1) is 13.0 Å². The molecule has 0 radical (unpaired) electrons. The average Bonchev–Trinajstić information content (AvgIpc) is 2.72. The van der Waals surface area contributed by atoms with Crippen molar-refractivity contribution in [1.82, 2.24) is 0 Å². The molecule has 0 saturated carbocycles. The third-order valence-corrected chi connectivity index (χ3v) is 3.19. The molecule has 1 aromatic carbocycles. The molecule has 1 atom stereocenters. The van der Waals surface area contributed by atoms with Crippen LogP contribution >= 0.6 is 0 Å². The van der Waals surface area contributed by atoms with Gasteiger partial charge in [0.25, 0.3) is 0 Å². The number of nitrogens with one attached hydrogen (secondary N) is 1. The predicted molar refractivity (Wildman–Crippen MR) is 70.3 cm³/mol. The highest BCUT2D eigenvalue weighted by Crippen LogP contribution is 2.36. The Morgan fingerprint density at radius 3 is 3.11 bits per heavy atom. The quantitative estimate of drug-likeness (QED) is 0.761. The summed E-state index contributed by atoms with van der Waals surface area (Å²) < 4.78 is 5.63. The van der Waals surface area contributed by atoms with E-state index >= 15 is 0 Å². The molecular formula is C14H19NO3. The summed E-state index contributed by atoms with van der Waals surface area (Å²) in [5, 5.41) is 12.1. The maximum Gasteiger partial charge on any atom is 0.304 e. The minimum atomic E-state index is -0.752. The molecule has 0 bridgehead atoms. The first-order valence-electron chi connectivity index (χ1n) is 6.43. The standard InChI is InChI=1S/C14H19NO3/c1-2-3-6-18-11-4-5-12-10(7-14(16)17)9-15-13(12)8-11/h4-5,8,10,15H,2-3,6-7,9H2,1H3,(H,16,17). The minimum absolute atomic E-state index is 0.0715. The molecule has 1 aromatic rings. The number of fused-ring (bicyclic) bond motifs is 1. The number of ether oxygens (including phenoxy) is 1. The smallest absolute Gasteiger partial charge is 0.304 e. The van der Waals surface area contributed by atoms with Crippen molar-refractivity contribution in [3.05, 3.63) is 23.8 Å². The van der Waals surface area contributed by atoms with Crippen LogP contribution < -0.4 is 10.1 Å². The van der Waals surface area contributed by atoms with Gasteiger partial charge in [0.15, 0.2) is 0 Å². The van der Waals surface area contributed by atoms with Gasteiger partial charge < -0.3 is 15.2 Å². The molecule has 4 heteroatoms. The number of hydrogen-bond acceptors (Lipinski definition) is 3. The van der Waals surface area contributed by atoms with E-state index in [1.807, 2.05) is 18.2 Å². The molecule has 0 fully saturated rings. The van der Waals surface area contributed by atoms with Crippen molar-refractivity contribution in [3.8, 4) is 5.75 Å². The van der Waals surface area contributed by atoms with Gasteiger partial charge in [-0.25, -0.2) is 0 Å². The van der Waals surface area contributed by atoms with Gasteiger partial charge in [0, 0.05) is 24.2 Å². The number of rotatable bonds is 6. The Morgan fingerprint density at radius 1 is 1.56 bits per heavy atom. The summed E-state index contributed by atoms with van der Waals surface area (Å²) in [5.74, 6) is 0.172. The number of carbonyl (C=O) groups is 1. The Bertz CT molecular complexity index is 431. The van der Waals surface area contributed by atoms with Crippen LogP contribution in [0.3, 0.4) is 0 Å². The summed E-state index contributed by atoms with van der Waals surface area (Å²) in [6.45, 7) is 3.55. The van der Waals surface area contributed by atoms with Gasteiger partial charge in [-0.05, 0) is 18.1 Å². The van der Waals surface area contributed by atoms with Crippen molar-refractivity contribution in [1.29, 1.82) is 0 Å². The highest BCUT2D eigenvalue weighted by atomic mass is 16.5. The van der Waals surface area contributed by atoms with Crippen molar-refractivity contribution < 1.29 is 14.6 Å². The summed E-state index contributed by atoms with van der Waals surface area (Å²) in [4.78, 5) is 10.8. The van der Waals surface area contributed by atoms with Gasteiger partial charge in [-0.3, -0.25) is 4.79 Å². The molecule has 0 spiro atoms. The minimum Gasteiger partial charge on any atom is -0.494 e. The van der Waals surface area contributed by atoms with E-state index < -0.39 is 5.97 Å². The number of unbranched alkanes of at least 4 members (excludes halogenated alkanes) is 1. The molecule has 2 rings (SSSR count). The van der Waals surface area contributed by atoms with Crippen molar-refractivity contribution >= 4 is 11.7 Å². The highest BCUT2D eigenvalue weighted by molar-refractivity contribution is 5.71. The van der Waals surface area contributed by atoms with Crippen molar-refractivity contribution in [2.24, 2.45) is 0 Å². The molecule has 1 unspecified atom stereocenters. The van der Waals surface area contributed by atoms with Crippen LogP contribution in [0, 0.1) is 0 Å². The fourth-order valence-corrected chi connectivity index (χ4v) is 2.20. The number of anilines is 1. The molecule has 1 aliphatic rings. The number of carboxylic acid groups (broad SMARTS) is 1. The van der Waals surface area contributed by atoms with Crippen LogP contribution in [0.2, 0.25) is 0 Å². The Kier molecular flexibility index (Phi) is 4.07. The van der Waals surface area contributed by atoms with Crippen LogP contribution in [0.15, 0.2) is 18.2 Å².